The van der Waals surface area contributed by atoms with Crippen LogP contribution in [0.2, 0.25) is 0 Å². The minimum absolute atomic E-state index is 0.0182. The third kappa shape index (κ3) is 4.34. The van der Waals surface area contributed by atoms with E-state index in [2.05, 4.69) is 0 Å². The predicted octanol–water partition coefficient (Wildman–Crippen LogP) is 3.04. The number of carbonyl (C=O) groups excluding carboxylic acids is 1. The molecule has 4 nitrogen and oxygen atoms in total. The van der Waals surface area contributed by atoms with Crippen molar-refractivity contribution in [3.63, 3.8) is 0 Å². The smallest absolute Gasteiger partial charge is 0.330 e. The Morgan fingerprint density at radius 2 is 1.82 bits per heavy atom. The molecule has 0 unspecified atom stereocenters. The van der Waals surface area contributed by atoms with Crippen LogP contribution in [0, 0.1) is 5.82 Å². The Morgan fingerprint density at radius 3 is 2.55 bits per heavy atom. The molecule has 2 N–H and O–H groups in total. The molecule has 0 spiro atoms. The van der Waals surface area contributed by atoms with E-state index in [4.69, 9.17) is 9.84 Å². The van der Waals surface area contributed by atoms with Crippen LogP contribution in [0.25, 0.3) is 6.08 Å². The van der Waals surface area contributed by atoms with E-state index in [1.165, 1.54) is 6.08 Å². The highest BCUT2D eigenvalue weighted by Gasteiger charge is 2.06. The maximum atomic E-state index is 13.5. The fourth-order valence-corrected chi connectivity index (χ4v) is 1.82. The van der Waals surface area contributed by atoms with Gasteiger partial charge in [0.15, 0.2) is 11.5 Å². The Hall–Kier alpha value is -2.82. The molecular formula is C17H15FO4. The minimum Gasteiger partial charge on any atom is -0.504 e. The fraction of sp³-hybridized carbons (Fsp3) is 0.118. The summed E-state index contributed by atoms with van der Waals surface area (Å²) in [5, 5.41) is 18.4. The van der Waals surface area contributed by atoms with Gasteiger partial charge in [-0.2, -0.15) is 0 Å². The van der Waals surface area contributed by atoms with Crippen molar-refractivity contribution in [2.24, 2.45) is 0 Å². The average molecular weight is 302 g/mol. The van der Waals surface area contributed by atoms with E-state index >= 15 is 0 Å². The van der Waals surface area contributed by atoms with Crippen LogP contribution in [0.15, 0.2) is 48.5 Å². The van der Waals surface area contributed by atoms with Gasteiger partial charge < -0.3 is 14.9 Å². The number of hydrogen-bond acceptors (Lipinski definition) is 4. The van der Waals surface area contributed by atoms with E-state index < -0.39 is 23.3 Å². The molecule has 22 heavy (non-hydrogen) atoms. The highest BCUT2D eigenvalue weighted by atomic mass is 19.1. The van der Waals surface area contributed by atoms with E-state index in [9.17, 15) is 14.3 Å². The first-order valence-electron chi connectivity index (χ1n) is 6.66. The Balaban J connectivity index is 1.88. The molecule has 0 aromatic heterocycles. The zero-order chi connectivity index (χ0) is 15.9. The number of benzene rings is 2. The SMILES string of the molecule is O=C(/C=C/c1cc(O)c(O)cc1F)OCCc1ccccc1. The van der Waals surface area contributed by atoms with Crippen molar-refractivity contribution in [3.05, 3.63) is 65.5 Å². The summed E-state index contributed by atoms with van der Waals surface area (Å²) < 4.78 is 18.5. The molecule has 0 bridgehead atoms. The summed E-state index contributed by atoms with van der Waals surface area (Å²) in [6.45, 7) is 0.219. The zero-order valence-electron chi connectivity index (χ0n) is 11.7. The third-order valence-electron chi connectivity index (χ3n) is 2.97. The van der Waals surface area contributed by atoms with Crippen LogP contribution in [0.3, 0.4) is 0 Å². The lowest BCUT2D eigenvalue weighted by Gasteiger charge is -2.03. The van der Waals surface area contributed by atoms with Crippen LogP contribution in [-0.2, 0) is 16.0 Å². The summed E-state index contributed by atoms with van der Waals surface area (Å²) in [5.74, 6) is -2.37. The predicted molar refractivity (Wildman–Crippen MR) is 79.9 cm³/mol. The first-order valence-corrected chi connectivity index (χ1v) is 6.66. The Kier molecular flexibility index (Phi) is 5.14. The van der Waals surface area contributed by atoms with Gasteiger partial charge in [-0.1, -0.05) is 30.3 Å². The molecule has 0 atom stereocenters. The quantitative estimate of drug-likeness (QED) is 0.506. The molecule has 5 heteroatoms. The number of phenols is 2. The average Bonchev–Trinajstić information content (AvgIpc) is 2.50. The molecule has 0 aliphatic heterocycles. The van der Waals surface area contributed by atoms with E-state index in [0.29, 0.717) is 6.42 Å². The molecule has 2 rings (SSSR count). The van der Waals surface area contributed by atoms with Gasteiger partial charge >= 0.3 is 5.97 Å². The summed E-state index contributed by atoms with van der Waals surface area (Å²) in [4.78, 5) is 11.5. The van der Waals surface area contributed by atoms with Crippen molar-refractivity contribution >= 4 is 12.0 Å². The topological polar surface area (TPSA) is 66.8 Å². The van der Waals surface area contributed by atoms with Gasteiger partial charge in [0.05, 0.1) is 6.61 Å². The summed E-state index contributed by atoms with van der Waals surface area (Å²) in [7, 11) is 0. The number of carbonyl (C=O) groups is 1. The van der Waals surface area contributed by atoms with Crippen LogP contribution in [-0.4, -0.2) is 22.8 Å². The molecule has 0 aliphatic rings. The maximum absolute atomic E-state index is 13.5. The third-order valence-corrected chi connectivity index (χ3v) is 2.97. The lowest BCUT2D eigenvalue weighted by atomic mass is 10.1. The molecule has 0 radical (unpaired) electrons. The molecule has 0 heterocycles. The van der Waals surface area contributed by atoms with Crippen LogP contribution in [0.4, 0.5) is 4.39 Å². The molecule has 0 saturated heterocycles. The van der Waals surface area contributed by atoms with E-state index in [0.717, 1.165) is 23.8 Å². The second-order valence-electron chi connectivity index (χ2n) is 4.60. The van der Waals surface area contributed by atoms with Gasteiger partial charge in [-0.15, -0.1) is 0 Å². The highest BCUT2D eigenvalue weighted by Crippen LogP contribution is 2.28. The van der Waals surface area contributed by atoms with Crippen molar-refractivity contribution < 1.29 is 24.1 Å². The maximum Gasteiger partial charge on any atom is 0.330 e. The fourth-order valence-electron chi connectivity index (χ4n) is 1.82. The second-order valence-corrected chi connectivity index (χ2v) is 4.60. The van der Waals surface area contributed by atoms with Crippen molar-refractivity contribution in [2.75, 3.05) is 6.61 Å². The van der Waals surface area contributed by atoms with Gasteiger partial charge in [0.25, 0.3) is 0 Å². The molecule has 2 aromatic carbocycles. The molecule has 114 valence electrons. The number of phenolic OH excluding ortho intramolecular Hbond substituents is 2. The van der Waals surface area contributed by atoms with E-state index in [-0.39, 0.29) is 12.2 Å². The number of esters is 1. The second kappa shape index (κ2) is 7.26. The minimum atomic E-state index is -0.747. The van der Waals surface area contributed by atoms with Crippen molar-refractivity contribution in [1.82, 2.24) is 0 Å². The summed E-state index contributed by atoms with van der Waals surface area (Å²) in [6, 6.07) is 11.4. The number of rotatable bonds is 5. The molecule has 2 aromatic rings. The van der Waals surface area contributed by atoms with Crippen LogP contribution < -0.4 is 0 Å². The normalized spacial score (nSPS) is 10.8. The van der Waals surface area contributed by atoms with Gasteiger partial charge in [0, 0.05) is 24.1 Å². The first-order chi connectivity index (χ1) is 10.6. The zero-order valence-corrected chi connectivity index (χ0v) is 11.7. The lowest BCUT2D eigenvalue weighted by molar-refractivity contribution is -0.137. The van der Waals surface area contributed by atoms with Crippen molar-refractivity contribution in [2.45, 2.75) is 6.42 Å². The number of aromatic hydroxyl groups is 2. The van der Waals surface area contributed by atoms with Crippen molar-refractivity contribution in [1.29, 1.82) is 0 Å². The summed E-state index contributed by atoms with van der Waals surface area (Å²) >= 11 is 0. The monoisotopic (exact) mass is 302 g/mol. The van der Waals surface area contributed by atoms with Gasteiger partial charge in [-0.3, -0.25) is 0 Å². The first kappa shape index (κ1) is 15.6. The summed E-state index contributed by atoms with van der Waals surface area (Å²) in [5.41, 5.74) is 1.03. The van der Waals surface area contributed by atoms with Crippen molar-refractivity contribution in [3.8, 4) is 11.5 Å². The van der Waals surface area contributed by atoms with E-state index in [1.807, 2.05) is 30.3 Å². The number of halogens is 1. The lowest BCUT2D eigenvalue weighted by Crippen LogP contribution is -2.04. The standard InChI is InChI=1S/C17H15FO4/c18-14-11-16(20)15(19)10-13(14)6-7-17(21)22-9-8-12-4-2-1-3-5-12/h1-7,10-11,19-20H,8-9H2/b7-6+. The Morgan fingerprint density at radius 1 is 1.14 bits per heavy atom. The van der Waals surface area contributed by atoms with Crippen LogP contribution in [0.1, 0.15) is 11.1 Å². The summed E-state index contributed by atoms with van der Waals surface area (Å²) in [6.07, 6.45) is 2.84. The molecule has 0 saturated carbocycles. The number of ether oxygens (including phenoxy) is 1. The van der Waals surface area contributed by atoms with Gasteiger partial charge in [-0.05, 0) is 17.7 Å². The van der Waals surface area contributed by atoms with Gasteiger partial charge in [0.2, 0.25) is 0 Å². The van der Waals surface area contributed by atoms with Gasteiger partial charge in [0.1, 0.15) is 5.82 Å². The van der Waals surface area contributed by atoms with E-state index in [1.54, 1.807) is 0 Å². The molecule has 0 aliphatic carbocycles. The van der Waals surface area contributed by atoms with Gasteiger partial charge in [-0.25, -0.2) is 9.18 Å². The highest BCUT2D eigenvalue weighted by molar-refractivity contribution is 5.87. The van der Waals surface area contributed by atoms with Crippen LogP contribution >= 0.6 is 0 Å². The largest absolute Gasteiger partial charge is 0.504 e. The molecule has 0 fully saturated rings. The molecular weight excluding hydrogens is 287 g/mol. The van der Waals surface area contributed by atoms with Crippen LogP contribution in [0.5, 0.6) is 11.5 Å². The Bertz CT molecular complexity index is 681. The number of hydrogen-bond donors (Lipinski definition) is 2. The molecule has 0 amide bonds. The Labute approximate surface area is 127 Å².